The molecule has 0 aliphatic carbocycles. The number of hydrogen-bond acceptors (Lipinski definition) is 5. The molecule has 0 aliphatic rings. The predicted molar refractivity (Wildman–Crippen MR) is 301 cm³/mol. The van der Waals surface area contributed by atoms with Crippen molar-refractivity contribution < 1.29 is 24.5 Å². The molecule has 6 nitrogen and oxygen atoms in total. The summed E-state index contributed by atoms with van der Waals surface area (Å²) in [5.74, 6) is -0.0911. The molecule has 6 heteroatoms. The molecule has 0 heterocycles. The molecule has 0 fully saturated rings. The van der Waals surface area contributed by atoms with Gasteiger partial charge in [-0.1, -0.05) is 295 Å². The molecule has 0 bridgehead atoms. The Balaban J connectivity index is 3.47. The van der Waals surface area contributed by atoms with Crippen LogP contribution < -0.4 is 5.32 Å². The topological polar surface area (TPSA) is 95.9 Å². The summed E-state index contributed by atoms with van der Waals surface area (Å²) in [6, 6.07) is -0.639. The molecule has 0 spiro atoms. The number of carbonyl (C=O) groups is 2. The summed E-state index contributed by atoms with van der Waals surface area (Å²) in [7, 11) is 0. The van der Waals surface area contributed by atoms with Crippen molar-refractivity contribution in [1.29, 1.82) is 0 Å². The van der Waals surface area contributed by atoms with Gasteiger partial charge in [-0.25, -0.2) is 0 Å². The molecule has 2 unspecified atom stereocenters. The maximum absolute atomic E-state index is 12.5. The van der Waals surface area contributed by atoms with Crippen molar-refractivity contribution in [2.24, 2.45) is 0 Å². The molecular weight excluding hydrogens is 851 g/mol. The monoisotopic (exact) mass is 972 g/mol. The highest BCUT2D eigenvalue weighted by Crippen LogP contribution is 2.17. The normalized spacial score (nSPS) is 12.7. The van der Waals surface area contributed by atoms with Crippen LogP contribution in [0.4, 0.5) is 0 Å². The highest BCUT2D eigenvalue weighted by Gasteiger charge is 2.18. The quantitative estimate of drug-likeness (QED) is 0.0321. The molecule has 408 valence electrons. The predicted octanol–water partition coefficient (Wildman–Crippen LogP) is 19.4. The van der Waals surface area contributed by atoms with Gasteiger partial charge in [0.25, 0.3) is 0 Å². The number of unbranched alkanes of at least 4 members (excludes halogenated alkanes) is 45. The first-order valence-electron chi connectivity index (χ1n) is 31.1. The third-order valence-electron chi connectivity index (χ3n) is 14.5. The summed E-state index contributed by atoms with van der Waals surface area (Å²) in [4.78, 5) is 24.6. The number of allylic oxidation sites excluding steroid dienone is 3. The van der Waals surface area contributed by atoms with E-state index in [4.69, 9.17) is 4.74 Å². The maximum atomic E-state index is 12.5. The van der Waals surface area contributed by atoms with Gasteiger partial charge in [0.2, 0.25) is 5.91 Å². The van der Waals surface area contributed by atoms with E-state index in [9.17, 15) is 19.8 Å². The van der Waals surface area contributed by atoms with Crippen LogP contribution in [0.1, 0.15) is 341 Å². The third kappa shape index (κ3) is 55.5. The van der Waals surface area contributed by atoms with E-state index in [1.165, 1.54) is 257 Å². The second-order valence-electron chi connectivity index (χ2n) is 21.4. The van der Waals surface area contributed by atoms with E-state index < -0.39 is 12.1 Å². The van der Waals surface area contributed by atoms with Crippen LogP contribution in [-0.4, -0.2) is 47.4 Å². The van der Waals surface area contributed by atoms with Crippen LogP contribution in [0.15, 0.2) is 24.3 Å². The summed E-state index contributed by atoms with van der Waals surface area (Å²) >= 11 is 0. The number of carbonyl (C=O) groups excluding carboxylic acids is 2. The van der Waals surface area contributed by atoms with Crippen molar-refractivity contribution in [2.75, 3.05) is 13.2 Å². The van der Waals surface area contributed by atoms with Gasteiger partial charge in [0, 0.05) is 12.8 Å². The molecule has 2 atom stereocenters. The Morgan fingerprint density at radius 2 is 0.681 bits per heavy atom. The molecule has 0 rings (SSSR count). The molecular formula is C63H121NO5. The average Bonchev–Trinajstić information content (AvgIpc) is 3.35. The van der Waals surface area contributed by atoms with Gasteiger partial charge in [-0.3, -0.25) is 9.59 Å². The van der Waals surface area contributed by atoms with Crippen LogP contribution in [0, 0.1) is 0 Å². The highest BCUT2D eigenvalue weighted by atomic mass is 16.5. The van der Waals surface area contributed by atoms with E-state index in [2.05, 4.69) is 31.3 Å². The zero-order valence-electron chi connectivity index (χ0n) is 46.6. The van der Waals surface area contributed by atoms with E-state index >= 15 is 0 Å². The fourth-order valence-corrected chi connectivity index (χ4v) is 9.69. The summed E-state index contributed by atoms with van der Waals surface area (Å²) < 4.78 is 5.47. The van der Waals surface area contributed by atoms with Gasteiger partial charge in [-0.15, -0.1) is 0 Å². The van der Waals surface area contributed by atoms with Gasteiger partial charge in [0.05, 0.1) is 25.4 Å². The highest BCUT2D eigenvalue weighted by molar-refractivity contribution is 5.76. The lowest BCUT2D eigenvalue weighted by molar-refractivity contribution is -0.143. The minimum atomic E-state index is -0.854. The Morgan fingerprint density at radius 3 is 1.03 bits per heavy atom. The fourth-order valence-electron chi connectivity index (χ4n) is 9.69. The number of rotatable bonds is 58. The Labute approximate surface area is 431 Å². The minimum Gasteiger partial charge on any atom is -0.466 e. The summed E-state index contributed by atoms with van der Waals surface area (Å²) in [6.45, 7) is 4.90. The lowest BCUT2D eigenvalue weighted by Gasteiger charge is -2.20. The van der Waals surface area contributed by atoms with Gasteiger partial charge >= 0.3 is 5.97 Å². The number of aliphatic hydroxyl groups excluding tert-OH is 2. The Morgan fingerprint density at radius 1 is 0.391 bits per heavy atom. The van der Waals surface area contributed by atoms with Crippen molar-refractivity contribution >= 4 is 11.9 Å². The van der Waals surface area contributed by atoms with Gasteiger partial charge in [0.1, 0.15) is 0 Å². The summed E-state index contributed by atoms with van der Waals surface area (Å²) in [5.41, 5.74) is 0. The second kappa shape index (κ2) is 58.9. The second-order valence-corrected chi connectivity index (χ2v) is 21.4. The molecule has 0 aromatic heterocycles. The van der Waals surface area contributed by atoms with Crippen molar-refractivity contribution in [3.05, 3.63) is 24.3 Å². The first-order chi connectivity index (χ1) is 34.0. The van der Waals surface area contributed by atoms with E-state index in [-0.39, 0.29) is 18.5 Å². The Hall–Kier alpha value is -1.66. The molecule has 0 radical (unpaired) electrons. The summed E-state index contributed by atoms with van der Waals surface area (Å²) in [5, 5.41) is 23.2. The van der Waals surface area contributed by atoms with Gasteiger partial charge in [0.15, 0.2) is 0 Å². The SMILES string of the molecule is CCCCCCCCC/C=C\CCCCCCCC(=O)OCCCCCCCCCCCCCCCC(=O)NC(CO)C(O)/C=C/CCCCCCCCCCCCCCCCCCCCCCC. The molecule has 0 aromatic rings. The van der Waals surface area contributed by atoms with Crippen molar-refractivity contribution in [3.63, 3.8) is 0 Å². The van der Waals surface area contributed by atoms with Crippen molar-refractivity contribution in [3.8, 4) is 0 Å². The number of hydrogen-bond donors (Lipinski definition) is 3. The van der Waals surface area contributed by atoms with Gasteiger partial charge in [-0.05, 0) is 57.8 Å². The number of amides is 1. The lowest BCUT2D eigenvalue weighted by Crippen LogP contribution is -2.45. The van der Waals surface area contributed by atoms with Crippen LogP contribution in [0.3, 0.4) is 0 Å². The minimum absolute atomic E-state index is 0.0134. The van der Waals surface area contributed by atoms with E-state index in [1.54, 1.807) is 6.08 Å². The average molecular weight is 973 g/mol. The van der Waals surface area contributed by atoms with Gasteiger partial charge < -0.3 is 20.3 Å². The molecule has 1 amide bonds. The number of esters is 1. The van der Waals surface area contributed by atoms with Crippen LogP contribution in [0.2, 0.25) is 0 Å². The first kappa shape index (κ1) is 67.3. The smallest absolute Gasteiger partial charge is 0.305 e. The van der Waals surface area contributed by atoms with Crippen molar-refractivity contribution in [1.82, 2.24) is 5.32 Å². The van der Waals surface area contributed by atoms with E-state index in [0.29, 0.717) is 19.4 Å². The first-order valence-corrected chi connectivity index (χ1v) is 31.1. The number of ether oxygens (including phenoxy) is 1. The Kier molecular flexibility index (Phi) is 57.5. The lowest BCUT2D eigenvalue weighted by atomic mass is 10.0. The molecule has 0 aromatic carbocycles. The molecule has 3 N–H and O–H groups in total. The van der Waals surface area contributed by atoms with E-state index in [1.807, 2.05) is 6.08 Å². The van der Waals surface area contributed by atoms with Crippen molar-refractivity contribution in [2.45, 2.75) is 353 Å². The maximum Gasteiger partial charge on any atom is 0.305 e. The molecule has 69 heavy (non-hydrogen) atoms. The van der Waals surface area contributed by atoms with Gasteiger partial charge in [-0.2, -0.15) is 0 Å². The zero-order valence-corrected chi connectivity index (χ0v) is 46.6. The number of nitrogens with one attached hydrogen (secondary N) is 1. The number of aliphatic hydroxyl groups is 2. The Bertz CT molecular complexity index is 1080. The van der Waals surface area contributed by atoms with Crippen LogP contribution >= 0.6 is 0 Å². The van der Waals surface area contributed by atoms with E-state index in [0.717, 1.165) is 57.8 Å². The fraction of sp³-hybridized carbons (Fsp3) is 0.905. The molecule has 0 aliphatic heterocycles. The van der Waals surface area contributed by atoms with Crippen LogP contribution in [-0.2, 0) is 14.3 Å². The molecule has 0 saturated heterocycles. The van der Waals surface area contributed by atoms with Crippen LogP contribution in [0.25, 0.3) is 0 Å². The third-order valence-corrected chi connectivity index (χ3v) is 14.5. The molecule has 0 saturated carbocycles. The largest absolute Gasteiger partial charge is 0.466 e. The zero-order chi connectivity index (χ0) is 50.0. The summed E-state index contributed by atoms with van der Waals surface area (Å²) in [6.07, 6.45) is 72.1. The standard InChI is InChI=1S/C63H121NO5/c1-3-5-7-9-11-13-15-17-19-21-22-23-24-25-26-27-28-31-35-39-43-47-51-55-61(66)60(59-65)64-62(67)56-52-48-44-40-36-32-30-34-38-42-46-50-54-58-69-63(68)57-53-49-45-41-37-33-29-20-18-16-14-12-10-8-6-4-2/h20,29,51,55,60-61,65-66H,3-19,21-28,30-50,52-54,56-59H2,1-2H3,(H,64,67)/b29-20-,55-51+. The van der Waals surface area contributed by atoms with Crippen LogP contribution in [0.5, 0.6) is 0 Å².